The molecule has 3 nitrogen and oxygen atoms in total. The average Bonchev–Trinajstić information content (AvgIpc) is 2.48. The van der Waals surface area contributed by atoms with Crippen LogP contribution in [-0.2, 0) is 0 Å². The fraction of sp³-hybridized carbons (Fsp3) is 0.0667. The van der Waals surface area contributed by atoms with Crippen LogP contribution >= 0.6 is 0 Å². The van der Waals surface area contributed by atoms with Gasteiger partial charge in [0.1, 0.15) is 6.29 Å². The Morgan fingerprint density at radius 1 is 0.889 bits per heavy atom. The Hall–Kier alpha value is -2.42. The van der Waals surface area contributed by atoms with Gasteiger partial charge in [-0.3, -0.25) is 4.79 Å². The lowest BCUT2D eigenvalue weighted by atomic mass is 10.2. The lowest BCUT2D eigenvalue weighted by Gasteiger charge is -1.88. The molecule has 0 aliphatic rings. The maximum Gasteiger partial charge on any atom is 0.150 e. The molecule has 0 aliphatic carbocycles. The van der Waals surface area contributed by atoms with E-state index >= 15 is 0 Å². The van der Waals surface area contributed by atoms with Crippen LogP contribution in [0.5, 0.6) is 0 Å². The molecular formula is C15H16N2O. The van der Waals surface area contributed by atoms with E-state index in [1.165, 1.54) is 0 Å². The van der Waals surface area contributed by atoms with Gasteiger partial charge in [-0.25, -0.2) is 0 Å². The molecule has 0 unspecified atom stereocenters. The van der Waals surface area contributed by atoms with Gasteiger partial charge in [0.05, 0.1) is 6.21 Å². The van der Waals surface area contributed by atoms with Crippen LogP contribution in [0.4, 0.5) is 0 Å². The smallest absolute Gasteiger partial charge is 0.150 e. The Morgan fingerprint density at radius 2 is 1.39 bits per heavy atom. The summed E-state index contributed by atoms with van der Waals surface area (Å²) in [5.74, 6) is 0. The van der Waals surface area contributed by atoms with Crippen molar-refractivity contribution in [2.45, 2.75) is 0 Å². The number of hydrogen-bond donors (Lipinski definition) is 1. The molecule has 0 saturated heterocycles. The number of benzene rings is 2. The standard InChI is InChI=1S/C8H10N2.C7H6O/c1-9-10-7-8-5-3-2-4-6-8;8-6-7-4-2-1-3-5-7/h2-7,9H,1H3;1-6H/b10-7+;. The third kappa shape index (κ3) is 5.61. The summed E-state index contributed by atoms with van der Waals surface area (Å²) in [5.41, 5.74) is 4.52. The zero-order valence-electron chi connectivity index (χ0n) is 10.3. The molecule has 2 rings (SSSR count). The molecule has 0 bridgehead atoms. The maximum atomic E-state index is 10.0. The van der Waals surface area contributed by atoms with Crippen LogP contribution in [-0.4, -0.2) is 19.5 Å². The summed E-state index contributed by atoms with van der Waals surface area (Å²) in [6, 6.07) is 19.0. The molecule has 3 heteroatoms. The summed E-state index contributed by atoms with van der Waals surface area (Å²) in [6.07, 6.45) is 2.61. The van der Waals surface area contributed by atoms with Crippen molar-refractivity contribution in [3.05, 3.63) is 71.8 Å². The predicted octanol–water partition coefficient (Wildman–Crippen LogP) is 2.74. The molecule has 0 atom stereocenters. The molecule has 0 fully saturated rings. The van der Waals surface area contributed by atoms with Gasteiger partial charge in [0, 0.05) is 12.6 Å². The van der Waals surface area contributed by atoms with E-state index in [1.54, 1.807) is 25.4 Å². The number of nitrogens with zero attached hydrogens (tertiary/aromatic N) is 1. The van der Waals surface area contributed by atoms with Gasteiger partial charge in [-0.15, -0.1) is 0 Å². The molecule has 0 spiro atoms. The summed E-state index contributed by atoms with van der Waals surface area (Å²) in [7, 11) is 1.78. The van der Waals surface area contributed by atoms with Crippen molar-refractivity contribution in [2.24, 2.45) is 5.10 Å². The first kappa shape index (κ1) is 13.6. The van der Waals surface area contributed by atoms with Gasteiger partial charge in [0.25, 0.3) is 0 Å². The SMILES string of the molecule is CN/N=C/c1ccccc1.O=Cc1ccccc1. The number of carbonyl (C=O) groups is 1. The highest BCUT2D eigenvalue weighted by atomic mass is 16.1. The van der Waals surface area contributed by atoms with Gasteiger partial charge < -0.3 is 5.43 Å². The van der Waals surface area contributed by atoms with Gasteiger partial charge in [0.15, 0.2) is 0 Å². The minimum Gasteiger partial charge on any atom is -0.313 e. The van der Waals surface area contributed by atoms with E-state index in [0.29, 0.717) is 0 Å². The summed E-state index contributed by atoms with van der Waals surface area (Å²) < 4.78 is 0. The minimum atomic E-state index is 0.729. The molecule has 2 aromatic rings. The highest BCUT2D eigenvalue weighted by Gasteiger charge is 1.80. The van der Waals surface area contributed by atoms with Crippen molar-refractivity contribution in [2.75, 3.05) is 7.05 Å². The third-order valence-corrected chi connectivity index (χ3v) is 2.08. The van der Waals surface area contributed by atoms with E-state index < -0.39 is 0 Å². The van der Waals surface area contributed by atoms with E-state index in [4.69, 9.17) is 0 Å². The van der Waals surface area contributed by atoms with Crippen molar-refractivity contribution >= 4 is 12.5 Å². The number of aldehydes is 1. The Balaban J connectivity index is 0.000000184. The number of nitrogens with one attached hydrogen (secondary N) is 1. The van der Waals surface area contributed by atoms with Crippen molar-refractivity contribution < 1.29 is 4.79 Å². The topological polar surface area (TPSA) is 41.5 Å². The fourth-order valence-electron chi connectivity index (χ4n) is 1.21. The quantitative estimate of drug-likeness (QED) is 0.509. The normalized spacial score (nSPS) is 9.39. The van der Waals surface area contributed by atoms with Crippen LogP contribution in [0.1, 0.15) is 15.9 Å². The van der Waals surface area contributed by atoms with Gasteiger partial charge in [-0.05, 0) is 5.56 Å². The Bertz CT molecular complexity index is 466. The average molecular weight is 240 g/mol. The largest absolute Gasteiger partial charge is 0.313 e. The van der Waals surface area contributed by atoms with E-state index in [-0.39, 0.29) is 0 Å². The predicted molar refractivity (Wildman–Crippen MR) is 74.9 cm³/mol. The molecule has 18 heavy (non-hydrogen) atoms. The van der Waals surface area contributed by atoms with E-state index in [1.807, 2.05) is 48.5 Å². The number of carbonyl (C=O) groups excluding carboxylic acids is 1. The molecule has 2 aromatic carbocycles. The van der Waals surface area contributed by atoms with Crippen LogP contribution in [0.25, 0.3) is 0 Å². The van der Waals surface area contributed by atoms with Gasteiger partial charge >= 0.3 is 0 Å². The van der Waals surface area contributed by atoms with Gasteiger partial charge in [-0.2, -0.15) is 5.10 Å². The summed E-state index contributed by atoms with van der Waals surface area (Å²) in [6.45, 7) is 0. The van der Waals surface area contributed by atoms with E-state index in [2.05, 4.69) is 10.5 Å². The molecule has 0 saturated carbocycles. The highest BCUT2D eigenvalue weighted by Crippen LogP contribution is 1.92. The molecule has 92 valence electrons. The van der Waals surface area contributed by atoms with E-state index in [9.17, 15) is 4.79 Å². The summed E-state index contributed by atoms with van der Waals surface area (Å²) >= 11 is 0. The molecule has 0 amide bonds. The monoisotopic (exact) mass is 240 g/mol. The number of hydrogen-bond acceptors (Lipinski definition) is 3. The lowest BCUT2D eigenvalue weighted by Crippen LogP contribution is -1.94. The minimum absolute atomic E-state index is 0.729. The first-order valence-electron chi connectivity index (χ1n) is 5.62. The second kappa shape index (κ2) is 8.70. The van der Waals surface area contributed by atoms with Crippen LogP contribution in [0.15, 0.2) is 65.8 Å². The van der Waals surface area contributed by atoms with Crippen LogP contribution in [0.2, 0.25) is 0 Å². The molecule has 0 heterocycles. The second-order valence-electron chi connectivity index (χ2n) is 3.42. The Labute approximate surface area is 107 Å². The van der Waals surface area contributed by atoms with Gasteiger partial charge in [-0.1, -0.05) is 60.7 Å². The molecule has 0 aliphatic heterocycles. The van der Waals surface area contributed by atoms with Crippen molar-refractivity contribution in [3.63, 3.8) is 0 Å². The lowest BCUT2D eigenvalue weighted by molar-refractivity contribution is 0.112. The number of rotatable bonds is 3. The van der Waals surface area contributed by atoms with Crippen LogP contribution in [0, 0.1) is 0 Å². The van der Waals surface area contributed by atoms with Crippen molar-refractivity contribution in [1.82, 2.24) is 5.43 Å². The summed E-state index contributed by atoms with van der Waals surface area (Å²) in [4.78, 5) is 10.0. The molecule has 0 aromatic heterocycles. The molecule has 0 radical (unpaired) electrons. The van der Waals surface area contributed by atoms with Gasteiger partial charge in [0.2, 0.25) is 0 Å². The summed E-state index contributed by atoms with van der Waals surface area (Å²) in [5, 5.41) is 3.87. The molecular weight excluding hydrogens is 224 g/mol. The first-order chi connectivity index (χ1) is 8.86. The fourth-order valence-corrected chi connectivity index (χ4v) is 1.21. The maximum absolute atomic E-state index is 10.0. The zero-order chi connectivity index (χ0) is 13.1. The Morgan fingerprint density at radius 3 is 1.78 bits per heavy atom. The highest BCUT2D eigenvalue weighted by molar-refractivity contribution is 5.79. The zero-order valence-corrected chi connectivity index (χ0v) is 10.3. The van der Waals surface area contributed by atoms with Crippen molar-refractivity contribution in [1.29, 1.82) is 0 Å². The van der Waals surface area contributed by atoms with Crippen molar-refractivity contribution in [3.8, 4) is 0 Å². The Kier molecular flexibility index (Phi) is 6.59. The molecule has 1 N–H and O–H groups in total. The van der Waals surface area contributed by atoms with Crippen LogP contribution < -0.4 is 5.43 Å². The third-order valence-electron chi connectivity index (χ3n) is 2.08. The second-order valence-corrected chi connectivity index (χ2v) is 3.42. The first-order valence-corrected chi connectivity index (χ1v) is 5.62. The van der Waals surface area contributed by atoms with Crippen LogP contribution in [0.3, 0.4) is 0 Å². The van der Waals surface area contributed by atoms with E-state index in [0.717, 1.165) is 17.4 Å². The number of hydrazone groups is 1.